The summed E-state index contributed by atoms with van der Waals surface area (Å²) >= 11 is 1.58. The van der Waals surface area contributed by atoms with E-state index < -0.39 is 0 Å². The van der Waals surface area contributed by atoms with Gasteiger partial charge in [0.1, 0.15) is 0 Å². The molecule has 0 bridgehead atoms. The van der Waals surface area contributed by atoms with Gasteiger partial charge in [0, 0.05) is 27.6 Å². The molecule has 3 aromatic carbocycles. The van der Waals surface area contributed by atoms with Crippen molar-refractivity contribution in [1.29, 1.82) is 0 Å². The zero-order valence-electron chi connectivity index (χ0n) is 15.7. The standard InChI is InChI=1S/C23H20N2O2S/c1-3-25-19-14-17(24-22(26)16-8-6-7-15(2)13-16)11-12-21(19)28-20-10-5-4-9-18(20)23(25)27/h4-14H,3H2,1-2H3,(H,24,26). The zero-order valence-corrected chi connectivity index (χ0v) is 16.5. The summed E-state index contributed by atoms with van der Waals surface area (Å²) < 4.78 is 0. The van der Waals surface area contributed by atoms with Gasteiger partial charge in [-0.3, -0.25) is 9.59 Å². The van der Waals surface area contributed by atoms with Gasteiger partial charge in [-0.1, -0.05) is 41.6 Å². The number of hydrogen-bond donors (Lipinski definition) is 1. The molecule has 3 aromatic rings. The molecule has 4 nitrogen and oxygen atoms in total. The molecule has 1 aliphatic heterocycles. The Morgan fingerprint density at radius 3 is 2.61 bits per heavy atom. The summed E-state index contributed by atoms with van der Waals surface area (Å²) in [6.45, 7) is 4.47. The maximum absolute atomic E-state index is 13.0. The molecule has 4 rings (SSSR count). The summed E-state index contributed by atoms with van der Waals surface area (Å²) in [5.41, 5.74) is 3.83. The Hall–Kier alpha value is -3.05. The molecule has 0 saturated carbocycles. The van der Waals surface area contributed by atoms with Gasteiger partial charge in [0.2, 0.25) is 0 Å². The fourth-order valence-electron chi connectivity index (χ4n) is 3.30. The molecule has 2 amide bonds. The number of hydrogen-bond acceptors (Lipinski definition) is 3. The van der Waals surface area contributed by atoms with Gasteiger partial charge in [-0.25, -0.2) is 0 Å². The number of rotatable bonds is 3. The fourth-order valence-corrected chi connectivity index (χ4v) is 4.36. The van der Waals surface area contributed by atoms with Crippen LogP contribution in [0.2, 0.25) is 0 Å². The lowest BCUT2D eigenvalue weighted by Gasteiger charge is -2.22. The molecule has 0 radical (unpaired) electrons. The third kappa shape index (κ3) is 3.41. The molecule has 28 heavy (non-hydrogen) atoms. The van der Waals surface area contributed by atoms with Gasteiger partial charge in [0.05, 0.1) is 11.3 Å². The number of carbonyl (C=O) groups excluding carboxylic acids is 2. The summed E-state index contributed by atoms with van der Waals surface area (Å²) in [6.07, 6.45) is 0. The van der Waals surface area contributed by atoms with Gasteiger partial charge in [-0.2, -0.15) is 0 Å². The van der Waals surface area contributed by atoms with Crippen molar-refractivity contribution < 1.29 is 9.59 Å². The zero-order chi connectivity index (χ0) is 19.7. The average molecular weight is 388 g/mol. The van der Waals surface area contributed by atoms with E-state index in [0.29, 0.717) is 23.4 Å². The largest absolute Gasteiger partial charge is 0.322 e. The number of nitrogens with zero attached hydrogens (tertiary/aromatic N) is 1. The van der Waals surface area contributed by atoms with E-state index in [4.69, 9.17) is 0 Å². The fraction of sp³-hybridized carbons (Fsp3) is 0.130. The van der Waals surface area contributed by atoms with Crippen LogP contribution in [-0.4, -0.2) is 18.4 Å². The Morgan fingerprint density at radius 2 is 1.82 bits per heavy atom. The molecule has 0 fully saturated rings. The van der Waals surface area contributed by atoms with E-state index in [2.05, 4.69) is 5.32 Å². The number of nitrogens with one attached hydrogen (secondary N) is 1. The first kappa shape index (κ1) is 18.3. The SMILES string of the molecule is CCN1C(=O)c2ccccc2Sc2ccc(NC(=O)c3cccc(C)c3)cc21. The minimum atomic E-state index is -0.164. The number of aryl methyl sites for hydroxylation is 1. The van der Waals surface area contributed by atoms with Crippen LogP contribution >= 0.6 is 11.8 Å². The lowest BCUT2D eigenvalue weighted by molar-refractivity contribution is 0.0984. The van der Waals surface area contributed by atoms with Crippen molar-refractivity contribution in [1.82, 2.24) is 0 Å². The molecule has 0 aliphatic carbocycles. The molecule has 0 saturated heterocycles. The molecule has 0 unspecified atom stereocenters. The number of carbonyl (C=O) groups is 2. The van der Waals surface area contributed by atoms with Crippen LogP contribution in [0.25, 0.3) is 0 Å². The highest BCUT2D eigenvalue weighted by Gasteiger charge is 2.26. The quantitative estimate of drug-likeness (QED) is 0.655. The Balaban J connectivity index is 1.69. The van der Waals surface area contributed by atoms with Gasteiger partial charge >= 0.3 is 0 Å². The van der Waals surface area contributed by atoms with Crippen molar-refractivity contribution in [2.24, 2.45) is 0 Å². The van der Waals surface area contributed by atoms with E-state index in [-0.39, 0.29) is 11.8 Å². The molecule has 1 heterocycles. The third-order valence-electron chi connectivity index (χ3n) is 4.69. The summed E-state index contributed by atoms with van der Waals surface area (Å²) in [5, 5.41) is 2.95. The average Bonchev–Trinajstić information content (AvgIpc) is 2.81. The van der Waals surface area contributed by atoms with Gasteiger partial charge in [-0.05, 0) is 56.3 Å². The Kier molecular flexibility index (Phi) is 4.92. The van der Waals surface area contributed by atoms with E-state index in [1.165, 1.54) is 0 Å². The van der Waals surface area contributed by atoms with Crippen molar-refractivity contribution in [3.8, 4) is 0 Å². The van der Waals surface area contributed by atoms with Crippen LogP contribution in [0.3, 0.4) is 0 Å². The van der Waals surface area contributed by atoms with Crippen molar-refractivity contribution in [3.05, 3.63) is 83.4 Å². The Morgan fingerprint density at radius 1 is 1.00 bits per heavy atom. The first-order valence-corrected chi connectivity index (χ1v) is 9.99. The van der Waals surface area contributed by atoms with Crippen molar-refractivity contribution in [3.63, 3.8) is 0 Å². The van der Waals surface area contributed by atoms with Crippen LogP contribution in [-0.2, 0) is 0 Å². The summed E-state index contributed by atoms with van der Waals surface area (Å²) in [6, 6.07) is 20.8. The van der Waals surface area contributed by atoms with Gasteiger partial charge in [-0.15, -0.1) is 0 Å². The minimum absolute atomic E-state index is 0.0217. The molecule has 0 spiro atoms. The summed E-state index contributed by atoms with van der Waals surface area (Å²) in [7, 11) is 0. The molecule has 0 atom stereocenters. The Bertz CT molecular complexity index is 1080. The highest BCUT2D eigenvalue weighted by atomic mass is 32.2. The normalized spacial score (nSPS) is 12.8. The van der Waals surface area contributed by atoms with E-state index in [0.717, 1.165) is 21.0 Å². The molecule has 1 aliphatic rings. The Labute approximate surface area is 168 Å². The highest BCUT2D eigenvalue weighted by molar-refractivity contribution is 7.99. The topological polar surface area (TPSA) is 49.4 Å². The van der Waals surface area contributed by atoms with Crippen LogP contribution < -0.4 is 10.2 Å². The number of amides is 2. The van der Waals surface area contributed by atoms with E-state index in [9.17, 15) is 9.59 Å². The van der Waals surface area contributed by atoms with E-state index >= 15 is 0 Å². The second kappa shape index (κ2) is 7.52. The molecular formula is C23H20N2O2S. The van der Waals surface area contributed by atoms with Gasteiger partial charge in [0.15, 0.2) is 0 Å². The van der Waals surface area contributed by atoms with Crippen LogP contribution in [0.1, 0.15) is 33.2 Å². The van der Waals surface area contributed by atoms with E-state index in [1.807, 2.05) is 74.5 Å². The molecule has 1 N–H and O–H groups in total. The minimum Gasteiger partial charge on any atom is -0.322 e. The number of anilines is 2. The predicted molar refractivity (Wildman–Crippen MR) is 113 cm³/mol. The molecule has 5 heteroatoms. The van der Waals surface area contributed by atoms with Gasteiger partial charge < -0.3 is 10.2 Å². The lowest BCUT2D eigenvalue weighted by Crippen LogP contribution is -2.30. The van der Waals surface area contributed by atoms with Gasteiger partial charge in [0.25, 0.3) is 11.8 Å². The number of benzene rings is 3. The van der Waals surface area contributed by atoms with Crippen molar-refractivity contribution >= 4 is 35.0 Å². The highest BCUT2D eigenvalue weighted by Crippen LogP contribution is 2.42. The van der Waals surface area contributed by atoms with Crippen LogP contribution in [0.15, 0.2) is 76.5 Å². The second-order valence-corrected chi connectivity index (χ2v) is 7.74. The predicted octanol–water partition coefficient (Wildman–Crippen LogP) is 5.38. The maximum Gasteiger partial charge on any atom is 0.259 e. The van der Waals surface area contributed by atoms with E-state index in [1.54, 1.807) is 22.7 Å². The lowest BCUT2D eigenvalue weighted by atomic mass is 10.1. The monoisotopic (exact) mass is 388 g/mol. The smallest absolute Gasteiger partial charge is 0.259 e. The third-order valence-corrected chi connectivity index (χ3v) is 5.83. The van der Waals surface area contributed by atoms with Crippen LogP contribution in [0, 0.1) is 6.92 Å². The molecular weight excluding hydrogens is 368 g/mol. The summed E-state index contributed by atoms with van der Waals surface area (Å²) in [5.74, 6) is -0.186. The maximum atomic E-state index is 13.0. The van der Waals surface area contributed by atoms with Crippen molar-refractivity contribution in [2.45, 2.75) is 23.6 Å². The summed E-state index contributed by atoms with van der Waals surface area (Å²) in [4.78, 5) is 29.3. The molecule has 140 valence electrons. The number of fused-ring (bicyclic) bond motifs is 2. The first-order valence-electron chi connectivity index (χ1n) is 9.17. The van der Waals surface area contributed by atoms with Crippen LogP contribution in [0.5, 0.6) is 0 Å². The first-order chi connectivity index (χ1) is 13.6. The van der Waals surface area contributed by atoms with Crippen molar-refractivity contribution in [2.75, 3.05) is 16.8 Å². The molecule has 0 aromatic heterocycles. The van der Waals surface area contributed by atoms with Crippen LogP contribution in [0.4, 0.5) is 11.4 Å². The second-order valence-electron chi connectivity index (χ2n) is 6.65.